The molecule has 1 atom stereocenters. The topological polar surface area (TPSA) is 49.9 Å². The Morgan fingerprint density at radius 2 is 2.07 bits per heavy atom. The molecule has 0 amide bonds. The molecular weight excluding hydrogens is 204 g/mol. The lowest BCUT2D eigenvalue weighted by atomic mass is 10.1. The summed E-state index contributed by atoms with van der Waals surface area (Å²) in [5.74, 6) is 1.39. The third-order valence-electron chi connectivity index (χ3n) is 2.10. The number of hydrogen-bond donors (Lipinski definition) is 2. The van der Waals surface area contributed by atoms with E-state index in [1.54, 1.807) is 0 Å². The number of benzene rings is 1. The van der Waals surface area contributed by atoms with Crippen molar-refractivity contribution < 1.29 is 0 Å². The lowest BCUT2D eigenvalue weighted by molar-refractivity contribution is 0.976. The first kappa shape index (κ1) is 12.1. The molecule has 15 heavy (non-hydrogen) atoms. The fraction of sp³-hybridized carbons (Fsp3) is 0.417. The van der Waals surface area contributed by atoms with Crippen LogP contribution in [0.15, 0.2) is 30.3 Å². The zero-order valence-corrected chi connectivity index (χ0v) is 9.89. The van der Waals surface area contributed by atoms with Crippen molar-refractivity contribution in [1.82, 2.24) is 0 Å². The van der Waals surface area contributed by atoms with Gasteiger partial charge in [0.15, 0.2) is 0 Å². The molecule has 0 radical (unpaired) electrons. The summed E-state index contributed by atoms with van der Waals surface area (Å²) in [4.78, 5) is 0. The van der Waals surface area contributed by atoms with Crippen molar-refractivity contribution in [3.8, 4) is 0 Å². The summed E-state index contributed by atoms with van der Waals surface area (Å²) in [5, 5.41) is 7.71. The summed E-state index contributed by atoms with van der Waals surface area (Å²) >= 11 is 1.88. The third kappa shape index (κ3) is 4.38. The van der Waals surface area contributed by atoms with Gasteiger partial charge in [-0.15, -0.1) is 0 Å². The fourth-order valence-electron chi connectivity index (χ4n) is 1.40. The predicted octanol–water partition coefficient (Wildman–Crippen LogP) is 3.20. The van der Waals surface area contributed by atoms with E-state index in [2.05, 4.69) is 19.1 Å². The zero-order valence-electron chi connectivity index (χ0n) is 9.07. The van der Waals surface area contributed by atoms with Crippen molar-refractivity contribution in [2.45, 2.75) is 25.0 Å². The summed E-state index contributed by atoms with van der Waals surface area (Å²) < 4.78 is 0. The highest BCUT2D eigenvalue weighted by molar-refractivity contribution is 7.99. The third-order valence-corrected chi connectivity index (χ3v) is 3.58. The Morgan fingerprint density at radius 3 is 2.60 bits per heavy atom. The highest BCUT2D eigenvalue weighted by Gasteiger charge is 2.12. The van der Waals surface area contributed by atoms with Gasteiger partial charge in [-0.1, -0.05) is 37.3 Å². The van der Waals surface area contributed by atoms with Crippen LogP contribution in [0.25, 0.3) is 0 Å². The molecule has 0 saturated heterocycles. The van der Waals surface area contributed by atoms with E-state index >= 15 is 0 Å². The average Bonchev–Trinajstić information content (AvgIpc) is 2.25. The molecule has 0 fully saturated rings. The van der Waals surface area contributed by atoms with Crippen molar-refractivity contribution in [1.29, 1.82) is 5.41 Å². The second kappa shape index (κ2) is 6.51. The van der Waals surface area contributed by atoms with Gasteiger partial charge in [0.25, 0.3) is 0 Å². The Bertz CT molecular complexity index is 298. The van der Waals surface area contributed by atoms with Crippen molar-refractivity contribution in [2.24, 2.45) is 5.73 Å². The number of thioether (sulfide) groups is 1. The van der Waals surface area contributed by atoms with Gasteiger partial charge in [0.1, 0.15) is 0 Å². The summed E-state index contributed by atoms with van der Waals surface area (Å²) in [6.45, 7) is 2.17. The molecular formula is C12H18N2S. The van der Waals surface area contributed by atoms with Crippen molar-refractivity contribution in [3.63, 3.8) is 0 Å². The second-order valence-electron chi connectivity index (χ2n) is 3.50. The zero-order chi connectivity index (χ0) is 11.1. The summed E-state index contributed by atoms with van der Waals surface area (Å²) in [6, 6.07) is 10.3. The van der Waals surface area contributed by atoms with E-state index < -0.39 is 0 Å². The quantitative estimate of drug-likeness (QED) is 0.573. The van der Waals surface area contributed by atoms with Crippen LogP contribution in [0, 0.1) is 5.41 Å². The Labute approximate surface area is 95.8 Å². The molecule has 3 N–H and O–H groups in total. The lowest BCUT2D eigenvalue weighted by Gasteiger charge is -2.15. The molecule has 0 aliphatic carbocycles. The smallest absolute Gasteiger partial charge is 0.0919 e. The van der Waals surface area contributed by atoms with Crippen LogP contribution in [-0.4, -0.2) is 11.6 Å². The van der Waals surface area contributed by atoms with Crippen LogP contribution in [0.5, 0.6) is 0 Å². The van der Waals surface area contributed by atoms with E-state index in [-0.39, 0.29) is 5.84 Å². The highest BCUT2D eigenvalue weighted by Crippen LogP contribution is 2.31. The van der Waals surface area contributed by atoms with Crippen molar-refractivity contribution in [2.75, 3.05) is 5.75 Å². The minimum absolute atomic E-state index is 0.271. The van der Waals surface area contributed by atoms with Gasteiger partial charge in [-0.2, -0.15) is 11.8 Å². The molecule has 0 bridgehead atoms. The number of amidine groups is 1. The van der Waals surface area contributed by atoms with Gasteiger partial charge < -0.3 is 5.73 Å². The summed E-state index contributed by atoms with van der Waals surface area (Å²) in [6.07, 6.45) is 1.81. The van der Waals surface area contributed by atoms with Crippen LogP contribution in [0.4, 0.5) is 0 Å². The van der Waals surface area contributed by atoms with Gasteiger partial charge in [-0.05, 0) is 17.7 Å². The normalized spacial score (nSPS) is 12.3. The Hall–Kier alpha value is -0.960. The van der Waals surface area contributed by atoms with Crippen molar-refractivity contribution >= 4 is 17.6 Å². The Morgan fingerprint density at radius 1 is 1.40 bits per heavy atom. The van der Waals surface area contributed by atoms with E-state index in [1.807, 2.05) is 30.0 Å². The minimum Gasteiger partial charge on any atom is -0.388 e. The molecule has 0 saturated carbocycles. The molecule has 82 valence electrons. The van der Waals surface area contributed by atoms with Crippen LogP contribution in [0.1, 0.15) is 30.6 Å². The van der Waals surface area contributed by atoms with E-state index in [0.717, 1.165) is 12.2 Å². The molecule has 1 unspecified atom stereocenters. The summed E-state index contributed by atoms with van der Waals surface area (Å²) in [5.41, 5.74) is 6.74. The van der Waals surface area contributed by atoms with Crippen LogP contribution >= 0.6 is 11.8 Å². The predicted molar refractivity (Wildman–Crippen MR) is 68.5 cm³/mol. The fourth-order valence-corrected chi connectivity index (χ4v) is 2.57. The van der Waals surface area contributed by atoms with Gasteiger partial charge in [0.2, 0.25) is 0 Å². The number of hydrogen-bond acceptors (Lipinski definition) is 2. The van der Waals surface area contributed by atoms with Gasteiger partial charge in [0.05, 0.1) is 5.84 Å². The molecule has 3 heteroatoms. The molecule has 0 aromatic heterocycles. The number of nitrogens with one attached hydrogen (secondary N) is 1. The molecule has 2 nitrogen and oxygen atoms in total. The summed E-state index contributed by atoms with van der Waals surface area (Å²) in [7, 11) is 0. The maximum absolute atomic E-state index is 7.37. The van der Waals surface area contributed by atoms with Crippen LogP contribution in [0.2, 0.25) is 0 Å². The van der Waals surface area contributed by atoms with Crippen LogP contribution < -0.4 is 5.73 Å². The molecule has 0 aliphatic rings. The molecule has 1 aromatic rings. The second-order valence-corrected chi connectivity index (χ2v) is 4.81. The van der Waals surface area contributed by atoms with Crippen molar-refractivity contribution in [3.05, 3.63) is 35.9 Å². The van der Waals surface area contributed by atoms with Gasteiger partial charge in [-0.3, -0.25) is 5.41 Å². The maximum Gasteiger partial charge on any atom is 0.0919 e. The van der Waals surface area contributed by atoms with Crippen LogP contribution in [0.3, 0.4) is 0 Å². The van der Waals surface area contributed by atoms with Gasteiger partial charge in [0, 0.05) is 11.7 Å². The van der Waals surface area contributed by atoms with Gasteiger partial charge in [-0.25, -0.2) is 0 Å². The van der Waals surface area contributed by atoms with E-state index in [9.17, 15) is 0 Å². The van der Waals surface area contributed by atoms with E-state index in [1.165, 1.54) is 5.56 Å². The Balaban J connectivity index is 2.67. The first-order chi connectivity index (χ1) is 7.24. The number of rotatable bonds is 6. The molecule has 0 spiro atoms. The molecule has 0 aliphatic heterocycles. The first-order valence-corrected chi connectivity index (χ1v) is 6.28. The highest BCUT2D eigenvalue weighted by atomic mass is 32.2. The average molecular weight is 222 g/mol. The maximum atomic E-state index is 7.37. The Kier molecular flexibility index (Phi) is 5.26. The lowest BCUT2D eigenvalue weighted by Crippen LogP contribution is -2.13. The molecule has 0 heterocycles. The van der Waals surface area contributed by atoms with Gasteiger partial charge >= 0.3 is 0 Å². The number of nitrogens with two attached hydrogens (primary N) is 1. The SMILES string of the molecule is CCCSC(CC(=N)N)c1ccccc1. The molecule has 1 aromatic carbocycles. The monoisotopic (exact) mass is 222 g/mol. The minimum atomic E-state index is 0.271. The van der Waals surface area contributed by atoms with E-state index in [0.29, 0.717) is 11.7 Å². The standard InChI is InChI=1S/C12H18N2S/c1-2-8-15-11(9-12(13)14)10-6-4-3-5-7-10/h3-7,11H,2,8-9H2,1H3,(H3,13,14). The first-order valence-electron chi connectivity index (χ1n) is 5.23. The van der Waals surface area contributed by atoms with E-state index in [4.69, 9.17) is 11.1 Å². The van der Waals surface area contributed by atoms with Crippen LogP contribution in [-0.2, 0) is 0 Å². The molecule has 1 rings (SSSR count). The largest absolute Gasteiger partial charge is 0.388 e.